The highest BCUT2D eigenvalue weighted by Crippen LogP contribution is 2.36. The molecule has 0 saturated carbocycles. The summed E-state index contributed by atoms with van der Waals surface area (Å²) in [7, 11) is -13.4. The molecule has 0 amide bonds. The third-order valence-electron chi connectivity index (χ3n) is 7.06. The normalized spacial score (nSPS) is 13.3. The number of quaternary nitrogens is 1. The first-order valence-corrected chi connectivity index (χ1v) is 18.4. The molecule has 0 aliphatic rings. The van der Waals surface area contributed by atoms with Gasteiger partial charge in [0.15, 0.2) is 20.0 Å². The average molecular weight is 693 g/mol. The van der Waals surface area contributed by atoms with E-state index in [2.05, 4.69) is 26.0 Å². The van der Waals surface area contributed by atoms with Gasteiger partial charge in [0.05, 0.1) is 26.3 Å². The van der Waals surface area contributed by atoms with E-state index in [1.165, 1.54) is 103 Å². The third kappa shape index (κ3) is 21.7. The predicted octanol–water partition coefficient (Wildman–Crippen LogP) is 7.68. The Hall–Kier alpha value is -0.940. The summed E-state index contributed by atoms with van der Waals surface area (Å²) >= 11 is 0. The Kier molecular flexibility index (Phi) is 24.9. The molecular weight excluding hydrogens is 638 g/mol. The number of aliphatic hydroxyl groups is 2. The molecule has 0 aromatic rings. The van der Waals surface area contributed by atoms with E-state index in [0.29, 0.717) is 0 Å². The van der Waals surface area contributed by atoms with E-state index in [1.807, 2.05) is 0 Å². The maximum Gasteiger partial charge on any atom is 0.480 e. The van der Waals surface area contributed by atoms with Gasteiger partial charge in [0.1, 0.15) is 13.1 Å². The first-order valence-electron chi connectivity index (χ1n) is 15.5. The van der Waals surface area contributed by atoms with Crippen LogP contribution in [0.25, 0.3) is 4.13 Å². The lowest BCUT2D eigenvalue weighted by Crippen LogP contribution is -2.52. The van der Waals surface area contributed by atoms with Gasteiger partial charge in [0.25, 0.3) is 0 Å². The topological polar surface area (TPSA) is 123 Å². The second-order valence-electron chi connectivity index (χ2n) is 10.9. The van der Waals surface area contributed by atoms with Crippen LogP contribution in [0.2, 0.25) is 0 Å². The first-order chi connectivity index (χ1) is 20.4. The molecule has 266 valence electrons. The minimum atomic E-state index is -6.72. The van der Waals surface area contributed by atoms with Gasteiger partial charge in [-0.3, -0.25) is 0 Å². The molecule has 2 N–H and O–H groups in total. The van der Waals surface area contributed by atoms with Gasteiger partial charge in [0.2, 0.25) is 0 Å². The summed E-state index contributed by atoms with van der Waals surface area (Å²) in [6, 6.07) is 0. The zero-order chi connectivity index (χ0) is 34.2. The van der Waals surface area contributed by atoms with Crippen LogP contribution in [0.4, 0.5) is 26.3 Å². The Labute approximate surface area is 261 Å². The summed E-state index contributed by atoms with van der Waals surface area (Å²) in [5.41, 5.74) is -12.4. The Bertz CT molecular complexity index is 895. The summed E-state index contributed by atoms with van der Waals surface area (Å²) in [6.45, 7) is 8.77. The lowest BCUT2D eigenvalue weighted by molar-refractivity contribution is -0.929. The van der Waals surface area contributed by atoms with Crippen molar-refractivity contribution in [2.45, 2.75) is 128 Å². The van der Waals surface area contributed by atoms with Gasteiger partial charge in [-0.2, -0.15) is 26.3 Å². The summed E-state index contributed by atoms with van der Waals surface area (Å²) in [5.74, 6) is 0. The molecule has 0 unspecified atom stereocenters. The molecule has 0 aromatic carbocycles. The first kappa shape index (κ1) is 45.2. The number of rotatable bonds is 25. The van der Waals surface area contributed by atoms with E-state index in [9.17, 15) is 53.4 Å². The van der Waals surface area contributed by atoms with E-state index >= 15 is 0 Å². The van der Waals surface area contributed by atoms with Crippen molar-refractivity contribution in [1.29, 1.82) is 0 Å². The van der Waals surface area contributed by atoms with Gasteiger partial charge in [-0.15, -0.1) is 0 Å². The van der Waals surface area contributed by atoms with Gasteiger partial charge in [0, 0.05) is 0 Å². The van der Waals surface area contributed by atoms with E-state index in [1.54, 1.807) is 0 Å². The maximum atomic E-state index is 11.4. The molecule has 0 bridgehead atoms. The van der Waals surface area contributed by atoms with Crippen LogP contribution in [0.15, 0.2) is 12.2 Å². The van der Waals surface area contributed by atoms with Crippen LogP contribution < -0.4 is 0 Å². The molecule has 0 spiro atoms. The number of allylic oxidation sites excluding steroid dienone is 2. The zero-order valence-electron chi connectivity index (χ0n) is 26.2. The van der Waals surface area contributed by atoms with Crippen molar-refractivity contribution in [3.05, 3.63) is 16.3 Å². The highest BCUT2D eigenvalue weighted by molar-refractivity contribution is 8.13. The molecule has 0 saturated heterocycles. The van der Waals surface area contributed by atoms with Crippen molar-refractivity contribution in [1.82, 2.24) is 0 Å². The Balaban J connectivity index is 0. The number of halogens is 6. The Morgan fingerprint density at radius 2 is 0.886 bits per heavy atom. The summed E-state index contributed by atoms with van der Waals surface area (Å²) in [4.78, 5) is 0. The van der Waals surface area contributed by atoms with Crippen molar-refractivity contribution >= 4 is 20.0 Å². The minimum absolute atomic E-state index is 0.232. The van der Waals surface area contributed by atoms with E-state index < -0.39 is 31.1 Å². The minimum Gasteiger partial charge on any atom is -0.421 e. The van der Waals surface area contributed by atoms with Crippen LogP contribution in [-0.4, -0.2) is 81.9 Å². The maximum absolute atomic E-state index is 11.4. The summed E-state index contributed by atoms with van der Waals surface area (Å²) < 4.78 is 110. The van der Waals surface area contributed by atoms with E-state index in [4.69, 9.17) is 0 Å². The lowest BCUT2D eigenvalue weighted by atomic mass is 10.1. The van der Waals surface area contributed by atoms with Gasteiger partial charge < -0.3 is 18.8 Å². The van der Waals surface area contributed by atoms with Crippen LogP contribution in [0.5, 0.6) is 0 Å². The van der Waals surface area contributed by atoms with Gasteiger partial charge in [-0.25, -0.2) is 16.8 Å². The van der Waals surface area contributed by atoms with Crippen LogP contribution in [0.1, 0.15) is 117 Å². The zero-order valence-corrected chi connectivity index (χ0v) is 27.9. The van der Waals surface area contributed by atoms with Crippen molar-refractivity contribution < 1.29 is 57.9 Å². The van der Waals surface area contributed by atoms with Crippen LogP contribution in [-0.2, 0) is 20.0 Å². The van der Waals surface area contributed by atoms with Gasteiger partial charge in [-0.1, -0.05) is 83.8 Å². The molecule has 0 aromatic heterocycles. The Morgan fingerprint density at radius 1 is 0.545 bits per heavy atom. The fraction of sp³-hybridized carbons (Fsp3) is 0.929. The van der Waals surface area contributed by atoms with Crippen LogP contribution in [0, 0.1) is 0 Å². The number of unbranched alkanes of at least 4 members (excludes halogenated alkanes) is 13. The molecule has 0 aliphatic heterocycles. The quantitative estimate of drug-likeness (QED) is 0.0438. The summed E-state index contributed by atoms with van der Waals surface area (Å²) in [6.07, 6.45) is 25.9. The van der Waals surface area contributed by atoms with E-state index in [-0.39, 0.29) is 13.2 Å². The second-order valence-corrected chi connectivity index (χ2v) is 14.3. The number of hydrogen-bond donors (Lipinski definition) is 2. The predicted molar refractivity (Wildman–Crippen MR) is 162 cm³/mol. The average Bonchev–Trinajstić information content (AvgIpc) is 2.90. The fourth-order valence-electron chi connectivity index (χ4n) is 4.50. The SMILES string of the molecule is CCCCCCCC/C=C\CCCCCCCC[N+](CCO)(CCO)CCCC.O=S(=O)([N-]S(=O)(=O)C(F)(F)F)C(F)(F)F. The molecular formula is C28H54F6N2O6S2. The smallest absolute Gasteiger partial charge is 0.421 e. The number of hydrogen-bond acceptors (Lipinski definition) is 6. The number of nitrogens with zero attached hydrogens (tertiary/aromatic N) is 2. The molecule has 0 radical (unpaired) electrons. The highest BCUT2D eigenvalue weighted by Gasteiger charge is 2.47. The molecule has 0 rings (SSSR count). The third-order valence-corrected chi connectivity index (χ3v) is 9.80. The Morgan fingerprint density at radius 3 is 1.25 bits per heavy atom. The number of alkyl halides is 6. The largest absolute Gasteiger partial charge is 0.480 e. The molecule has 0 aliphatic carbocycles. The van der Waals surface area contributed by atoms with Crippen molar-refractivity contribution in [2.24, 2.45) is 0 Å². The van der Waals surface area contributed by atoms with E-state index in [0.717, 1.165) is 34.8 Å². The van der Waals surface area contributed by atoms with Crippen LogP contribution >= 0.6 is 0 Å². The molecule has 16 heteroatoms. The summed E-state index contributed by atoms with van der Waals surface area (Å²) in [5, 5.41) is 18.9. The highest BCUT2D eigenvalue weighted by atomic mass is 32.3. The van der Waals surface area contributed by atoms with Crippen molar-refractivity contribution in [2.75, 3.05) is 39.4 Å². The fourth-order valence-corrected chi connectivity index (χ4v) is 6.21. The number of aliphatic hydroxyl groups excluding tert-OH is 2. The van der Waals surface area contributed by atoms with Crippen LogP contribution in [0.3, 0.4) is 0 Å². The van der Waals surface area contributed by atoms with Crippen molar-refractivity contribution in [3.63, 3.8) is 0 Å². The molecule has 0 fully saturated rings. The monoisotopic (exact) mass is 692 g/mol. The molecule has 44 heavy (non-hydrogen) atoms. The second kappa shape index (κ2) is 24.3. The molecule has 0 atom stereocenters. The standard InChI is InChI=1S/C26H54NO2.C2F6NO4S2/c1-3-5-7-8-9-10-11-12-13-14-15-16-17-18-19-20-22-27(23-25-28,24-26-29)21-6-4-2;3-1(4,5)14(10,11)9-15(12,13)2(6,7)8/h12-13,28-29H,3-11,14-26H2,1-2H3;/q+1;-1/b13-12-;. The number of sulfonamides is 2. The lowest BCUT2D eigenvalue weighted by Gasteiger charge is -2.38. The van der Waals surface area contributed by atoms with Gasteiger partial charge in [-0.05, 0) is 44.9 Å². The molecule has 8 nitrogen and oxygen atoms in total. The van der Waals surface area contributed by atoms with Gasteiger partial charge >= 0.3 is 11.0 Å². The van der Waals surface area contributed by atoms with Crippen molar-refractivity contribution in [3.8, 4) is 0 Å². The molecule has 0 heterocycles.